The number of aromatic hydroxyl groups is 1. The number of ether oxygens (including phenoxy) is 1. The number of phenols is 1. The zero-order chi connectivity index (χ0) is 21.8. The number of aryl methyl sites for hydroxylation is 1. The molecule has 0 aromatic heterocycles. The van der Waals surface area contributed by atoms with Crippen LogP contribution in [0.3, 0.4) is 0 Å². The summed E-state index contributed by atoms with van der Waals surface area (Å²) in [7, 11) is -4.44. The minimum Gasteiger partial charge on any atom is -0.508 e. The van der Waals surface area contributed by atoms with Gasteiger partial charge < -0.3 is 9.84 Å². The van der Waals surface area contributed by atoms with E-state index in [0.29, 0.717) is 5.75 Å². The number of rotatable bonds is 14. The highest BCUT2D eigenvalue weighted by Crippen LogP contribution is 2.32. The Morgan fingerprint density at radius 1 is 0.800 bits per heavy atom. The van der Waals surface area contributed by atoms with Crippen molar-refractivity contribution in [2.24, 2.45) is 0 Å². The van der Waals surface area contributed by atoms with Crippen LogP contribution in [0, 0.1) is 0 Å². The smallest absolute Gasteiger partial charge is 0.298 e. The van der Waals surface area contributed by atoms with Crippen molar-refractivity contribution in [3.63, 3.8) is 0 Å². The quantitative estimate of drug-likeness (QED) is 0.250. The van der Waals surface area contributed by atoms with Crippen molar-refractivity contribution in [3.8, 4) is 17.2 Å². The first-order chi connectivity index (χ1) is 14.4. The summed E-state index contributed by atoms with van der Waals surface area (Å²) in [6.07, 6.45) is 14.1. The van der Waals surface area contributed by atoms with E-state index in [1.54, 1.807) is 12.1 Å². The van der Waals surface area contributed by atoms with Gasteiger partial charge in [0, 0.05) is 6.07 Å². The average Bonchev–Trinajstić information content (AvgIpc) is 2.70. The minimum absolute atomic E-state index is 0.111. The average molecular weight is 435 g/mol. The van der Waals surface area contributed by atoms with Crippen molar-refractivity contribution in [2.75, 3.05) is 0 Å². The Morgan fingerprint density at radius 3 is 1.93 bits per heavy atom. The van der Waals surface area contributed by atoms with Crippen molar-refractivity contribution in [3.05, 3.63) is 48.0 Å². The Hall–Kier alpha value is -2.05. The number of hydrogen-bond acceptors (Lipinski definition) is 4. The number of phenolic OH excluding ortho intramolecular Hbond substituents is 1. The monoisotopic (exact) mass is 434 g/mol. The van der Waals surface area contributed by atoms with Crippen LogP contribution in [-0.2, 0) is 16.5 Å². The van der Waals surface area contributed by atoms with E-state index in [9.17, 15) is 18.1 Å². The molecule has 2 aromatic rings. The van der Waals surface area contributed by atoms with Gasteiger partial charge in [-0.2, -0.15) is 8.42 Å². The van der Waals surface area contributed by atoms with Gasteiger partial charge in [-0.15, -0.1) is 0 Å². The second-order valence-electron chi connectivity index (χ2n) is 7.78. The van der Waals surface area contributed by atoms with Crippen LogP contribution in [0.2, 0.25) is 0 Å². The summed E-state index contributed by atoms with van der Waals surface area (Å²) in [5, 5.41) is 9.59. The van der Waals surface area contributed by atoms with E-state index < -0.39 is 10.1 Å². The van der Waals surface area contributed by atoms with Crippen LogP contribution >= 0.6 is 0 Å². The van der Waals surface area contributed by atoms with Gasteiger partial charge in [0.15, 0.2) is 5.75 Å². The molecule has 0 unspecified atom stereocenters. The topological polar surface area (TPSA) is 83.8 Å². The molecule has 2 aromatic carbocycles. The molecule has 0 saturated carbocycles. The molecule has 166 valence electrons. The van der Waals surface area contributed by atoms with Crippen LogP contribution in [0.5, 0.6) is 17.2 Å². The molecule has 0 amide bonds. The Labute approximate surface area is 180 Å². The first-order valence-electron chi connectivity index (χ1n) is 11.0. The molecule has 0 atom stereocenters. The van der Waals surface area contributed by atoms with E-state index in [1.165, 1.54) is 75.5 Å². The van der Waals surface area contributed by atoms with Crippen LogP contribution in [0.15, 0.2) is 47.4 Å². The number of unbranched alkanes of at least 4 members (excludes halogenated alkanes) is 9. The third-order valence-electron chi connectivity index (χ3n) is 5.18. The van der Waals surface area contributed by atoms with Crippen LogP contribution in [0.25, 0.3) is 0 Å². The van der Waals surface area contributed by atoms with Crippen molar-refractivity contribution in [1.82, 2.24) is 0 Å². The lowest BCUT2D eigenvalue weighted by Crippen LogP contribution is -2.01. The molecule has 0 radical (unpaired) electrons. The highest BCUT2D eigenvalue weighted by atomic mass is 32.2. The molecule has 5 nitrogen and oxygen atoms in total. The standard InChI is InChI=1S/C24H34O5S/c1-2-3-4-5-6-7-8-9-10-11-12-20-13-16-22(17-14-20)29-23-19-21(25)15-18-24(23)30(26,27)28/h13-19,25H,2-12H2,1H3,(H,26,27,28). The molecule has 0 aliphatic rings. The summed E-state index contributed by atoms with van der Waals surface area (Å²) in [5.74, 6) is 0.187. The second kappa shape index (κ2) is 12.6. The maximum atomic E-state index is 11.5. The molecule has 2 rings (SSSR count). The number of benzene rings is 2. The molecule has 0 aliphatic carbocycles. The van der Waals surface area contributed by atoms with E-state index in [2.05, 4.69) is 6.92 Å². The first kappa shape index (κ1) is 24.2. The van der Waals surface area contributed by atoms with Gasteiger partial charge in [-0.3, -0.25) is 4.55 Å². The van der Waals surface area contributed by atoms with Gasteiger partial charge in [-0.05, 0) is 42.7 Å². The lowest BCUT2D eigenvalue weighted by Gasteiger charge is -2.10. The van der Waals surface area contributed by atoms with Crippen LogP contribution in [-0.4, -0.2) is 18.1 Å². The fourth-order valence-corrected chi connectivity index (χ4v) is 4.05. The Kier molecular flexibility index (Phi) is 10.2. The van der Waals surface area contributed by atoms with E-state index in [1.807, 2.05) is 12.1 Å². The Balaban J connectivity index is 1.74. The van der Waals surface area contributed by atoms with Crippen LogP contribution in [0.4, 0.5) is 0 Å². The largest absolute Gasteiger partial charge is 0.508 e. The maximum Gasteiger partial charge on any atom is 0.298 e. The zero-order valence-corrected chi connectivity index (χ0v) is 18.7. The molecule has 0 aliphatic heterocycles. The molecule has 0 spiro atoms. The van der Waals surface area contributed by atoms with E-state index in [-0.39, 0.29) is 16.4 Å². The summed E-state index contributed by atoms with van der Waals surface area (Å²) in [5.41, 5.74) is 1.20. The molecule has 0 bridgehead atoms. The maximum absolute atomic E-state index is 11.5. The first-order valence-corrected chi connectivity index (χ1v) is 12.4. The van der Waals surface area contributed by atoms with Gasteiger partial charge in [0.1, 0.15) is 16.4 Å². The molecule has 30 heavy (non-hydrogen) atoms. The molecular weight excluding hydrogens is 400 g/mol. The molecule has 0 fully saturated rings. The van der Waals surface area contributed by atoms with E-state index in [4.69, 9.17) is 4.74 Å². The fraction of sp³-hybridized carbons (Fsp3) is 0.500. The van der Waals surface area contributed by atoms with E-state index in [0.717, 1.165) is 18.9 Å². The lowest BCUT2D eigenvalue weighted by atomic mass is 10.0. The third-order valence-corrected chi connectivity index (χ3v) is 6.07. The third kappa shape index (κ3) is 8.76. The summed E-state index contributed by atoms with van der Waals surface area (Å²) in [4.78, 5) is -0.380. The summed E-state index contributed by atoms with van der Waals surface area (Å²) >= 11 is 0. The predicted octanol–water partition coefficient (Wildman–Crippen LogP) is 6.89. The van der Waals surface area contributed by atoms with Crippen molar-refractivity contribution < 1.29 is 22.8 Å². The summed E-state index contributed by atoms with van der Waals surface area (Å²) in [6.45, 7) is 2.25. The van der Waals surface area contributed by atoms with Crippen molar-refractivity contribution >= 4 is 10.1 Å². The molecule has 0 heterocycles. The van der Waals surface area contributed by atoms with Gasteiger partial charge in [0.2, 0.25) is 0 Å². The van der Waals surface area contributed by atoms with Gasteiger partial charge in [-0.25, -0.2) is 0 Å². The van der Waals surface area contributed by atoms with Gasteiger partial charge in [0.25, 0.3) is 10.1 Å². The minimum atomic E-state index is -4.44. The summed E-state index contributed by atoms with van der Waals surface area (Å²) in [6, 6.07) is 10.9. The van der Waals surface area contributed by atoms with Crippen molar-refractivity contribution in [1.29, 1.82) is 0 Å². The molecule has 6 heteroatoms. The van der Waals surface area contributed by atoms with Crippen LogP contribution in [0.1, 0.15) is 76.7 Å². The molecular formula is C24H34O5S. The highest BCUT2D eigenvalue weighted by molar-refractivity contribution is 7.86. The normalized spacial score (nSPS) is 11.5. The Bertz CT molecular complexity index is 860. The molecule has 0 saturated heterocycles. The van der Waals surface area contributed by atoms with Gasteiger partial charge >= 0.3 is 0 Å². The lowest BCUT2D eigenvalue weighted by molar-refractivity contribution is 0.437. The van der Waals surface area contributed by atoms with Gasteiger partial charge in [-0.1, -0.05) is 76.8 Å². The highest BCUT2D eigenvalue weighted by Gasteiger charge is 2.18. The second-order valence-corrected chi connectivity index (χ2v) is 9.17. The Morgan fingerprint density at radius 2 is 1.37 bits per heavy atom. The summed E-state index contributed by atoms with van der Waals surface area (Å²) < 4.78 is 37.8. The SMILES string of the molecule is CCCCCCCCCCCCc1ccc(Oc2cc(O)ccc2S(=O)(=O)O)cc1. The van der Waals surface area contributed by atoms with Crippen LogP contribution < -0.4 is 4.74 Å². The fourth-order valence-electron chi connectivity index (χ4n) is 3.46. The van der Waals surface area contributed by atoms with Crippen molar-refractivity contribution in [2.45, 2.75) is 82.4 Å². The van der Waals surface area contributed by atoms with Gasteiger partial charge in [0.05, 0.1) is 0 Å². The number of hydrogen-bond donors (Lipinski definition) is 2. The van der Waals surface area contributed by atoms with E-state index >= 15 is 0 Å². The zero-order valence-electron chi connectivity index (χ0n) is 17.8. The molecule has 2 N–H and O–H groups in total. The predicted molar refractivity (Wildman–Crippen MR) is 120 cm³/mol.